The lowest BCUT2D eigenvalue weighted by atomic mass is 10.4. The fraction of sp³-hybridized carbons (Fsp3) is 1.00. The van der Waals surface area contributed by atoms with Gasteiger partial charge in [0.1, 0.15) is 0 Å². The highest BCUT2D eigenvalue weighted by atomic mass is 32.3. The van der Waals surface area contributed by atoms with Crippen molar-refractivity contribution in [2.24, 2.45) is 0 Å². The number of sulfone groups is 2. The van der Waals surface area contributed by atoms with E-state index in [1.807, 2.05) is 0 Å². The molecule has 6 nitrogen and oxygen atoms in total. The van der Waals surface area contributed by atoms with Crippen LogP contribution in [0.4, 0.5) is 26.3 Å². The molecule has 0 amide bonds. The zero-order chi connectivity index (χ0) is 24.6. The van der Waals surface area contributed by atoms with E-state index in [2.05, 4.69) is 14.0 Å². The molecule has 2 aliphatic rings. The summed E-state index contributed by atoms with van der Waals surface area (Å²) in [6, 6.07) is 0. The molecular weight excluding hydrogens is 474 g/mol. The van der Waals surface area contributed by atoms with E-state index >= 15 is 0 Å². The van der Waals surface area contributed by atoms with Crippen LogP contribution in [0.25, 0.3) is 0 Å². The van der Waals surface area contributed by atoms with Crippen LogP contribution in [0.1, 0.15) is 46.0 Å². The molecule has 0 aromatic rings. The topological polar surface area (TPSA) is 68.3 Å². The van der Waals surface area contributed by atoms with E-state index in [9.17, 15) is 43.2 Å². The molecule has 0 aromatic carbocycles. The number of likely N-dealkylation sites (tertiary alicyclic amines) is 2. The largest absolute Gasteiger partial charge is 0.504 e. The fourth-order valence-corrected chi connectivity index (χ4v) is 9.44. The van der Waals surface area contributed by atoms with Crippen molar-refractivity contribution in [3.8, 4) is 0 Å². The third kappa shape index (κ3) is 4.72. The minimum absolute atomic E-state index is 0.0129. The minimum atomic E-state index is -6.64. The van der Waals surface area contributed by atoms with Crippen LogP contribution in [0.3, 0.4) is 0 Å². The van der Waals surface area contributed by atoms with Crippen LogP contribution in [0, 0.1) is 0 Å². The molecule has 0 N–H and O–H groups in total. The standard InChI is InChI=1S/C10H16F6NO4S2.C7H16N/c1-3-6-17(2)7-4-5-8(17,22(18,19)9(11,12)13)23(20,21)10(14,15)16;1-3-8(2)6-4-5-7-8/h3-7H2,1-2H3;3-7H2,1-2H3/q2*+1. The van der Waals surface area contributed by atoms with Crippen molar-refractivity contribution in [1.29, 1.82) is 0 Å². The van der Waals surface area contributed by atoms with Crippen molar-refractivity contribution in [3.63, 3.8) is 0 Å². The number of quaternary nitrogens is 2. The molecule has 0 saturated carbocycles. The Morgan fingerprint density at radius 1 is 0.774 bits per heavy atom. The van der Waals surface area contributed by atoms with Gasteiger partial charge in [-0.1, -0.05) is 6.92 Å². The van der Waals surface area contributed by atoms with Crippen LogP contribution in [-0.2, 0) is 19.7 Å². The molecule has 0 radical (unpaired) electrons. The van der Waals surface area contributed by atoms with E-state index in [-0.39, 0.29) is 12.8 Å². The molecule has 14 heteroatoms. The van der Waals surface area contributed by atoms with Crippen molar-refractivity contribution in [2.45, 2.75) is 61.2 Å². The summed E-state index contributed by atoms with van der Waals surface area (Å²) in [5.74, 6) is 0. The predicted molar refractivity (Wildman–Crippen MR) is 104 cm³/mol. The molecule has 186 valence electrons. The molecule has 0 aromatic heterocycles. The van der Waals surface area contributed by atoms with Gasteiger partial charge in [-0.3, -0.25) is 4.48 Å². The Balaban J connectivity index is 0.000000500. The van der Waals surface area contributed by atoms with E-state index in [0.717, 1.165) is 7.05 Å². The Bertz CT molecular complexity index is 790. The van der Waals surface area contributed by atoms with Crippen LogP contribution in [0.15, 0.2) is 0 Å². The first-order valence-electron chi connectivity index (χ1n) is 10.1. The molecule has 2 rings (SSSR count). The van der Waals surface area contributed by atoms with Gasteiger partial charge in [-0.05, 0) is 13.3 Å². The molecule has 1 atom stereocenters. The molecule has 0 aliphatic carbocycles. The first kappa shape index (κ1) is 28.4. The van der Waals surface area contributed by atoms with Crippen molar-refractivity contribution in [1.82, 2.24) is 0 Å². The lowest BCUT2D eigenvalue weighted by Crippen LogP contribution is -2.70. The highest BCUT2D eigenvalue weighted by Crippen LogP contribution is 2.53. The van der Waals surface area contributed by atoms with E-state index in [1.54, 1.807) is 0 Å². The lowest BCUT2D eigenvalue weighted by molar-refractivity contribution is -0.918. The molecule has 2 aliphatic heterocycles. The molecule has 1 unspecified atom stereocenters. The number of alkyl halides is 6. The predicted octanol–water partition coefficient (Wildman–Crippen LogP) is 3.41. The highest BCUT2D eigenvalue weighted by molar-refractivity contribution is 8.10. The van der Waals surface area contributed by atoms with Gasteiger partial charge in [0.15, 0.2) is 0 Å². The quantitative estimate of drug-likeness (QED) is 0.424. The maximum Gasteiger partial charge on any atom is 0.504 e. The van der Waals surface area contributed by atoms with Crippen LogP contribution in [-0.4, -0.2) is 87.8 Å². The maximum absolute atomic E-state index is 13.0. The van der Waals surface area contributed by atoms with Gasteiger partial charge in [-0.25, -0.2) is 16.8 Å². The number of hydrogen-bond acceptors (Lipinski definition) is 4. The van der Waals surface area contributed by atoms with E-state index in [1.165, 1.54) is 43.9 Å². The summed E-state index contributed by atoms with van der Waals surface area (Å²) < 4.78 is 122. The third-order valence-corrected chi connectivity index (χ3v) is 12.0. The molecule has 2 saturated heterocycles. The van der Waals surface area contributed by atoms with Gasteiger partial charge in [0, 0.05) is 25.7 Å². The number of nitrogens with zero attached hydrogens (tertiary/aromatic N) is 2. The van der Waals surface area contributed by atoms with Gasteiger partial charge >= 0.3 is 34.9 Å². The third-order valence-electron chi connectivity index (χ3n) is 6.54. The van der Waals surface area contributed by atoms with Gasteiger partial charge < -0.3 is 4.48 Å². The number of halogens is 6. The first-order chi connectivity index (χ1) is 13.8. The van der Waals surface area contributed by atoms with Crippen molar-refractivity contribution in [3.05, 3.63) is 0 Å². The molecule has 0 spiro atoms. The van der Waals surface area contributed by atoms with E-state index in [4.69, 9.17) is 0 Å². The zero-order valence-electron chi connectivity index (χ0n) is 18.2. The summed E-state index contributed by atoms with van der Waals surface area (Å²) in [6.07, 6.45) is 1.27. The Labute approximate surface area is 180 Å². The van der Waals surface area contributed by atoms with Crippen LogP contribution in [0.2, 0.25) is 0 Å². The Morgan fingerprint density at radius 3 is 1.48 bits per heavy atom. The SMILES string of the molecule is CCC[N+]1(C)CCCC1(S(=O)(=O)C(F)(F)F)S(=O)(=O)C(F)(F)F.CC[N+]1(C)CCCC1. The minimum Gasteiger partial charge on any atom is -0.326 e. The average Bonchev–Trinajstić information content (AvgIpc) is 3.19. The Hall–Kier alpha value is -0.600. The van der Waals surface area contributed by atoms with Crippen molar-refractivity contribution in [2.75, 3.05) is 46.8 Å². The average molecular weight is 507 g/mol. The fourth-order valence-electron chi connectivity index (χ4n) is 4.64. The first-order valence-corrected chi connectivity index (χ1v) is 13.1. The second-order valence-corrected chi connectivity index (χ2v) is 13.2. The smallest absolute Gasteiger partial charge is 0.326 e. The van der Waals surface area contributed by atoms with Gasteiger partial charge in [0.25, 0.3) is 0 Å². The summed E-state index contributed by atoms with van der Waals surface area (Å²) in [7, 11) is -10.1. The zero-order valence-corrected chi connectivity index (χ0v) is 19.8. The number of hydrogen-bond donors (Lipinski definition) is 0. The molecule has 0 bridgehead atoms. The van der Waals surface area contributed by atoms with E-state index in [0.29, 0.717) is 0 Å². The summed E-state index contributed by atoms with van der Waals surface area (Å²) in [5, 5.41) is 0. The monoisotopic (exact) mass is 506 g/mol. The summed E-state index contributed by atoms with van der Waals surface area (Å²) in [6.45, 7) is 6.97. The van der Waals surface area contributed by atoms with E-state index < -0.39 is 58.9 Å². The lowest BCUT2D eigenvalue weighted by Gasteiger charge is -2.44. The molecule has 2 fully saturated rings. The summed E-state index contributed by atoms with van der Waals surface area (Å²) in [5.41, 5.74) is -12.2. The van der Waals surface area contributed by atoms with Crippen LogP contribution >= 0.6 is 0 Å². The van der Waals surface area contributed by atoms with Crippen molar-refractivity contribution >= 4 is 19.7 Å². The molecule has 2 heterocycles. The molecule has 31 heavy (non-hydrogen) atoms. The second kappa shape index (κ2) is 8.98. The Kier molecular flexibility index (Phi) is 8.23. The van der Waals surface area contributed by atoms with Gasteiger partial charge in [0.05, 0.1) is 46.8 Å². The normalized spacial score (nSPS) is 26.4. The van der Waals surface area contributed by atoms with Gasteiger partial charge in [-0.15, -0.1) is 0 Å². The van der Waals surface area contributed by atoms with Crippen LogP contribution < -0.4 is 0 Å². The maximum atomic E-state index is 13.0. The summed E-state index contributed by atoms with van der Waals surface area (Å²) in [4.78, 5) is 0. The van der Waals surface area contributed by atoms with Gasteiger partial charge in [0.2, 0.25) is 0 Å². The second-order valence-electron chi connectivity index (χ2n) is 8.65. The van der Waals surface area contributed by atoms with Crippen molar-refractivity contribution < 1.29 is 52.1 Å². The molecular formula is C17H32F6N2O4S2+2. The van der Waals surface area contributed by atoms with Gasteiger partial charge in [-0.2, -0.15) is 26.3 Å². The van der Waals surface area contributed by atoms with Crippen LogP contribution in [0.5, 0.6) is 0 Å². The highest BCUT2D eigenvalue weighted by Gasteiger charge is 2.82. The summed E-state index contributed by atoms with van der Waals surface area (Å²) >= 11 is 0. The number of rotatable bonds is 5. The Morgan fingerprint density at radius 2 is 1.19 bits per heavy atom.